The predicted molar refractivity (Wildman–Crippen MR) is 67.8 cm³/mol. The van der Waals surface area contributed by atoms with Gasteiger partial charge in [-0.05, 0) is 11.0 Å². The summed E-state index contributed by atoms with van der Waals surface area (Å²) in [7, 11) is -3.42. The summed E-state index contributed by atoms with van der Waals surface area (Å²) in [6.07, 6.45) is 0. The maximum absolute atomic E-state index is 10.5. The zero-order chi connectivity index (χ0) is 12.4. The molecule has 0 aliphatic rings. The van der Waals surface area contributed by atoms with Crippen molar-refractivity contribution < 1.29 is 13.3 Å². The van der Waals surface area contributed by atoms with E-state index in [9.17, 15) is 8.76 Å². The lowest BCUT2D eigenvalue weighted by Crippen LogP contribution is -2.10. The Labute approximate surface area is 100 Å². The Hall–Kier alpha value is -0.490. The van der Waals surface area contributed by atoms with Crippen molar-refractivity contribution in [2.24, 2.45) is 0 Å². The third-order valence-electron chi connectivity index (χ3n) is 2.19. The minimum atomic E-state index is -3.94. The molecule has 90 valence electrons. The number of benzene rings is 1. The van der Waals surface area contributed by atoms with Gasteiger partial charge in [-0.3, -0.25) is 4.55 Å². The Morgan fingerprint density at radius 1 is 1.31 bits per heavy atom. The lowest BCUT2D eigenvalue weighted by atomic mass is 9.87. The molecule has 3 nitrogen and oxygen atoms in total. The molecule has 0 aliphatic heterocycles. The molecule has 0 spiro atoms. The third-order valence-corrected chi connectivity index (χ3v) is 4.19. The van der Waals surface area contributed by atoms with Crippen molar-refractivity contribution in [1.29, 1.82) is 0 Å². The van der Waals surface area contributed by atoms with Crippen molar-refractivity contribution >= 4 is 19.4 Å². The summed E-state index contributed by atoms with van der Waals surface area (Å²) in [5.74, 6) is 0.267. The van der Waals surface area contributed by atoms with Crippen LogP contribution in [0.3, 0.4) is 0 Å². The Kier molecular flexibility index (Phi) is 4.07. The normalized spacial score (nSPS) is 15.6. The standard InChI is InChI=1S/C11H16O3S2/c1-11(2,3)10-6-4-9(5-7-10)8-15-16(12,13)14/h4-7H,8H2,1-3H3,(H-,12,13,14). The van der Waals surface area contributed by atoms with Crippen LogP contribution in [0.1, 0.15) is 31.9 Å². The minimum Gasteiger partial charge on any atom is -0.712 e. The van der Waals surface area contributed by atoms with Crippen LogP contribution in [0.4, 0.5) is 0 Å². The van der Waals surface area contributed by atoms with Crippen molar-refractivity contribution in [3.63, 3.8) is 0 Å². The molecule has 0 heterocycles. The average Bonchev–Trinajstić information content (AvgIpc) is 2.13. The molecule has 1 aromatic carbocycles. The molecule has 1 N–H and O–H groups in total. The van der Waals surface area contributed by atoms with Gasteiger partial charge in [0, 0.05) is 5.56 Å². The van der Waals surface area contributed by atoms with Gasteiger partial charge in [-0.15, -0.1) is 0 Å². The van der Waals surface area contributed by atoms with Crippen LogP contribution < -0.4 is 0 Å². The highest BCUT2D eigenvalue weighted by molar-refractivity contribution is 8.33. The zero-order valence-electron chi connectivity index (χ0n) is 9.60. The minimum absolute atomic E-state index is 0.0920. The van der Waals surface area contributed by atoms with Crippen LogP contribution >= 0.6 is 0 Å². The van der Waals surface area contributed by atoms with E-state index >= 15 is 0 Å². The highest BCUT2D eigenvalue weighted by atomic mass is 32.9. The topological polar surface area (TPSA) is 60.4 Å². The summed E-state index contributed by atoms with van der Waals surface area (Å²) in [6.45, 7) is 6.36. The molecular weight excluding hydrogens is 244 g/mol. The first-order valence-corrected chi connectivity index (χ1v) is 7.84. The third kappa shape index (κ3) is 4.57. The summed E-state index contributed by atoms with van der Waals surface area (Å²) < 4.78 is 29.7. The molecule has 1 rings (SSSR count). The zero-order valence-corrected chi connectivity index (χ0v) is 11.2. The van der Waals surface area contributed by atoms with Gasteiger partial charge >= 0.3 is 0 Å². The molecule has 0 bridgehead atoms. The molecule has 0 amide bonds. The first-order chi connectivity index (χ1) is 7.18. The van der Waals surface area contributed by atoms with Crippen molar-refractivity contribution in [3.05, 3.63) is 35.4 Å². The smallest absolute Gasteiger partial charge is 0.257 e. The van der Waals surface area contributed by atoms with Crippen LogP contribution in [0.25, 0.3) is 0 Å². The van der Waals surface area contributed by atoms with E-state index in [4.69, 9.17) is 4.55 Å². The van der Waals surface area contributed by atoms with E-state index in [0.717, 1.165) is 5.56 Å². The summed E-state index contributed by atoms with van der Waals surface area (Å²) >= 11 is 0. The summed E-state index contributed by atoms with van der Waals surface area (Å²) in [5.41, 5.74) is 2.18. The number of hydrogen-bond acceptors (Lipinski definition) is 2. The van der Waals surface area contributed by atoms with E-state index in [2.05, 4.69) is 20.8 Å². The van der Waals surface area contributed by atoms with Gasteiger partial charge in [-0.25, -0.2) is 0 Å². The van der Waals surface area contributed by atoms with Crippen LogP contribution in [0, 0.1) is 0 Å². The van der Waals surface area contributed by atoms with Crippen molar-refractivity contribution in [2.75, 3.05) is 0 Å². The molecule has 0 saturated heterocycles. The van der Waals surface area contributed by atoms with Gasteiger partial charge in [0.15, 0.2) is 0 Å². The van der Waals surface area contributed by atoms with Gasteiger partial charge in [-0.1, -0.05) is 45.0 Å². The Morgan fingerprint density at radius 3 is 2.19 bits per heavy atom. The van der Waals surface area contributed by atoms with Gasteiger partial charge in [0.05, 0.1) is 0 Å². The van der Waals surface area contributed by atoms with Crippen molar-refractivity contribution in [3.8, 4) is 0 Å². The van der Waals surface area contributed by atoms with Gasteiger partial charge in [0.2, 0.25) is 5.75 Å². The summed E-state index contributed by atoms with van der Waals surface area (Å²) in [5, 5.41) is 0. The molecule has 1 atom stereocenters. The largest absolute Gasteiger partial charge is 0.712 e. The quantitative estimate of drug-likeness (QED) is 0.830. The van der Waals surface area contributed by atoms with E-state index < -0.39 is 9.05 Å². The van der Waals surface area contributed by atoms with Crippen LogP contribution in [-0.2, 0) is 30.5 Å². The van der Waals surface area contributed by atoms with Gasteiger partial charge in [0.1, 0.15) is 0 Å². The van der Waals surface area contributed by atoms with E-state index in [1.165, 1.54) is 5.56 Å². The molecular formula is C11H16O3S2. The lowest BCUT2D eigenvalue weighted by molar-refractivity contribution is 0.432. The molecule has 5 heteroatoms. The monoisotopic (exact) mass is 260 g/mol. The maximum atomic E-state index is 10.5. The molecule has 0 aliphatic carbocycles. The first-order valence-electron chi connectivity index (χ1n) is 4.90. The van der Waals surface area contributed by atoms with Gasteiger partial charge in [0.25, 0.3) is 19.4 Å². The highest BCUT2D eigenvalue weighted by Crippen LogP contribution is 2.22. The van der Waals surface area contributed by atoms with Gasteiger partial charge < -0.3 is 4.55 Å². The predicted octanol–water partition coefficient (Wildman–Crippen LogP) is 2.37. The summed E-state index contributed by atoms with van der Waals surface area (Å²) in [4.78, 5) is 0. The summed E-state index contributed by atoms with van der Waals surface area (Å²) in [6, 6.07) is 7.75. The number of hydrogen-bond donors (Lipinski definition) is 1. The first kappa shape index (κ1) is 13.6. The van der Waals surface area contributed by atoms with E-state index in [1.807, 2.05) is 24.3 Å². The molecule has 16 heavy (non-hydrogen) atoms. The van der Waals surface area contributed by atoms with E-state index in [1.54, 1.807) is 0 Å². The fraction of sp³-hybridized carbons (Fsp3) is 0.455. The highest BCUT2D eigenvalue weighted by Gasteiger charge is 2.13. The molecule has 0 fully saturated rings. The van der Waals surface area contributed by atoms with E-state index in [0.29, 0.717) is 10.3 Å². The molecule has 1 unspecified atom stereocenters. The molecule has 0 aromatic heterocycles. The van der Waals surface area contributed by atoms with Crippen molar-refractivity contribution in [1.82, 2.24) is 0 Å². The Bertz CT molecular complexity index is 455. The molecule has 0 radical (unpaired) electrons. The van der Waals surface area contributed by atoms with Gasteiger partial charge in [-0.2, -0.15) is 4.21 Å². The van der Waals surface area contributed by atoms with Crippen LogP contribution in [-0.4, -0.2) is 13.3 Å². The Morgan fingerprint density at radius 2 is 1.81 bits per heavy atom. The molecule has 1 aromatic rings. The lowest BCUT2D eigenvalue weighted by Gasteiger charge is -2.18. The second-order valence-electron chi connectivity index (χ2n) is 4.64. The van der Waals surface area contributed by atoms with E-state index in [-0.39, 0.29) is 11.2 Å². The second-order valence-corrected chi connectivity index (χ2v) is 7.99. The Balaban J connectivity index is 2.85. The van der Waals surface area contributed by atoms with Crippen LogP contribution in [0.15, 0.2) is 24.3 Å². The molecule has 0 saturated carbocycles. The van der Waals surface area contributed by atoms with Crippen LogP contribution in [0.2, 0.25) is 0 Å². The second kappa shape index (κ2) is 4.79. The number of rotatable bonds is 2. The van der Waals surface area contributed by atoms with Crippen molar-refractivity contribution in [2.45, 2.75) is 31.9 Å². The fourth-order valence-corrected chi connectivity index (χ4v) is 2.58. The van der Waals surface area contributed by atoms with Crippen LogP contribution in [0.5, 0.6) is 0 Å². The fourth-order valence-electron chi connectivity index (χ4n) is 1.24. The average molecular weight is 260 g/mol. The SMILES string of the molecule is CC(C)(C)c1ccc(C[S+]=S(=O)([O-])O)cc1. The maximum Gasteiger partial charge on any atom is 0.257 e.